The van der Waals surface area contributed by atoms with Crippen LogP contribution in [0.25, 0.3) is 0 Å². The van der Waals surface area contributed by atoms with Crippen molar-refractivity contribution in [1.82, 2.24) is 4.98 Å². The highest BCUT2D eigenvalue weighted by Crippen LogP contribution is 2.38. The minimum absolute atomic E-state index is 0.772. The molecule has 0 radical (unpaired) electrons. The molecule has 1 aliphatic carbocycles. The average molecular weight is 223 g/mol. The molecular weight excluding hydrogens is 202 g/mol. The molecule has 0 amide bonds. The zero-order valence-corrected chi connectivity index (χ0v) is 10.6. The molecule has 0 aromatic carbocycles. The van der Waals surface area contributed by atoms with Gasteiger partial charge in [-0.05, 0) is 25.2 Å². The topological polar surface area (TPSA) is 12.9 Å². The standard InChI is InChI=1S/C13H21NS/c1-3-10-6-5-7-11(8-10)13-14-12(4-2)9-15-13/h9-11H,3-8H2,1-2H3. The summed E-state index contributed by atoms with van der Waals surface area (Å²) in [5.41, 5.74) is 1.29. The summed E-state index contributed by atoms with van der Waals surface area (Å²) in [6.07, 6.45) is 8.03. The summed E-state index contributed by atoms with van der Waals surface area (Å²) < 4.78 is 0. The molecule has 1 saturated carbocycles. The molecule has 1 fully saturated rings. The van der Waals surface area contributed by atoms with E-state index in [9.17, 15) is 0 Å². The SMILES string of the molecule is CCc1csc(C2CCCC(CC)C2)n1. The summed E-state index contributed by atoms with van der Waals surface area (Å²) >= 11 is 1.88. The van der Waals surface area contributed by atoms with Gasteiger partial charge in [0, 0.05) is 11.3 Å². The van der Waals surface area contributed by atoms with Crippen molar-refractivity contribution in [3.8, 4) is 0 Å². The van der Waals surface area contributed by atoms with Crippen LogP contribution < -0.4 is 0 Å². The van der Waals surface area contributed by atoms with E-state index in [2.05, 4.69) is 19.2 Å². The fraction of sp³-hybridized carbons (Fsp3) is 0.769. The Morgan fingerprint density at radius 2 is 2.27 bits per heavy atom. The van der Waals surface area contributed by atoms with Gasteiger partial charge in [-0.25, -0.2) is 4.98 Å². The lowest BCUT2D eigenvalue weighted by molar-refractivity contribution is 0.314. The summed E-state index contributed by atoms with van der Waals surface area (Å²) in [5, 5.41) is 3.65. The van der Waals surface area contributed by atoms with Gasteiger partial charge in [0.25, 0.3) is 0 Å². The molecule has 0 saturated heterocycles. The number of aryl methyl sites for hydroxylation is 1. The van der Waals surface area contributed by atoms with E-state index < -0.39 is 0 Å². The predicted octanol–water partition coefficient (Wildman–Crippen LogP) is 4.39. The van der Waals surface area contributed by atoms with E-state index in [1.807, 2.05) is 11.3 Å². The molecule has 2 atom stereocenters. The summed E-state index contributed by atoms with van der Waals surface area (Å²) in [7, 11) is 0. The van der Waals surface area contributed by atoms with Crippen LogP contribution in [0.15, 0.2) is 5.38 Å². The van der Waals surface area contributed by atoms with Crippen LogP contribution in [0.3, 0.4) is 0 Å². The van der Waals surface area contributed by atoms with Crippen molar-refractivity contribution in [2.75, 3.05) is 0 Å². The second-order valence-corrected chi connectivity index (χ2v) is 5.56. The molecule has 2 rings (SSSR count). The van der Waals surface area contributed by atoms with Gasteiger partial charge in [0.05, 0.1) is 10.7 Å². The Bertz CT molecular complexity index is 305. The Morgan fingerprint density at radius 1 is 1.40 bits per heavy atom. The van der Waals surface area contributed by atoms with Gasteiger partial charge in [-0.2, -0.15) is 0 Å². The molecule has 1 heterocycles. The molecule has 1 aromatic rings. The minimum atomic E-state index is 0.772. The number of aromatic nitrogens is 1. The highest BCUT2D eigenvalue weighted by molar-refractivity contribution is 7.09. The summed E-state index contributed by atoms with van der Waals surface area (Å²) in [4.78, 5) is 4.74. The van der Waals surface area contributed by atoms with Gasteiger partial charge in [0.2, 0.25) is 0 Å². The van der Waals surface area contributed by atoms with Crippen molar-refractivity contribution in [2.45, 2.75) is 58.3 Å². The second kappa shape index (κ2) is 5.11. The fourth-order valence-electron chi connectivity index (χ4n) is 2.56. The van der Waals surface area contributed by atoms with E-state index in [0.717, 1.165) is 18.3 Å². The molecule has 0 spiro atoms. The first-order valence-electron chi connectivity index (χ1n) is 6.27. The van der Waals surface area contributed by atoms with Gasteiger partial charge in [0.1, 0.15) is 0 Å². The Morgan fingerprint density at radius 3 is 2.93 bits per heavy atom. The van der Waals surface area contributed by atoms with Crippen molar-refractivity contribution < 1.29 is 0 Å². The van der Waals surface area contributed by atoms with E-state index in [1.54, 1.807) is 0 Å². The first kappa shape index (κ1) is 11.1. The lowest BCUT2D eigenvalue weighted by Gasteiger charge is -2.26. The van der Waals surface area contributed by atoms with Crippen LogP contribution in [0.1, 0.15) is 62.6 Å². The van der Waals surface area contributed by atoms with E-state index >= 15 is 0 Å². The van der Waals surface area contributed by atoms with Crippen LogP contribution in [-0.4, -0.2) is 4.98 Å². The van der Waals surface area contributed by atoms with Crippen LogP contribution in [-0.2, 0) is 6.42 Å². The van der Waals surface area contributed by atoms with Gasteiger partial charge in [0.15, 0.2) is 0 Å². The molecule has 84 valence electrons. The van der Waals surface area contributed by atoms with Gasteiger partial charge in [-0.3, -0.25) is 0 Å². The first-order chi connectivity index (χ1) is 7.33. The zero-order valence-electron chi connectivity index (χ0n) is 9.83. The summed E-state index contributed by atoms with van der Waals surface area (Å²) in [6, 6.07) is 0. The van der Waals surface area contributed by atoms with Gasteiger partial charge in [-0.15, -0.1) is 11.3 Å². The van der Waals surface area contributed by atoms with Crippen LogP contribution in [0.2, 0.25) is 0 Å². The third-order valence-corrected chi connectivity index (χ3v) is 4.70. The van der Waals surface area contributed by atoms with Crippen molar-refractivity contribution in [2.24, 2.45) is 5.92 Å². The number of nitrogens with zero attached hydrogens (tertiary/aromatic N) is 1. The Hall–Kier alpha value is -0.370. The maximum Gasteiger partial charge on any atom is 0.0959 e. The first-order valence-corrected chi connectivity index (χ1v) is 7.15. The fourth-order valence-corrected chi connectivity index (χ4v) is 3.61. The Balaban J connectivity index is 2.03. The molecule has 1 aromatic heterocycles. The third-order valence-electron chi connectivity index (χ3n) is 3.64. The number of rotatable bonds is 3. The highest BCUT2D eigenvalue weighted by atomic mass is 32.1. The van der Waals surface area contributed by atoms with Crippen molar-refractivity contribution in [3.05, 3.63) is 16.1 Å². The zero-order chi connectivity index (χ0) is 10.7. The predicted molar refractivity (Wildman–Crippen MR) is 66.5 cm³/mol. The normalized spacial score (nSPS) is 26.8. The van der Waals surface area contributed by atoms with Gasteiger partial charge >= 0.3 is 0 Å². The second-order valence-electron chi connectivity index (χ2n) is 4.67. The highest BCUT2D eigenvalue weighted by Gasteiger charge is 2.23. The molecule has 0 N–H and O–H groups in total. The van der Waals surface area contributed by atoms with Crippen LogP contribution in [0.5, 0.6) is 0 Å². The lowest BCUT2D eigenvalue weighted by Crippen LogP contribution is -2.13. The van der Waals surface area contributed by atoms with E-state index in [1.165, 1.54) is 42.8 Å². The maximum atomic E-state index is 4.74. The molecule has 0 bridgehead atoms. The molecule has 1 aliphatic rings. The number of hydrogen-bond acceptors (Lipinski definition) is 2. The quantitative estimate of drug-likeness (QED) is 0.740. The van der Waals surface area contributed by atoms with E-state index in [-0.39, 0.29) is 0 Å². The van der Waals surface area contributed by atoms with Crippen LogP contribution >= 0.6 is 11.3 Å². The number of hydrogen-bond donors (Lipinski definition) is 0. The summed E-state index contributed by atoms with van der Waals surface area (Å²) in [5.74, 6) is 1.73. The molecule has 2 heteroatoms. The van der Waals surface area contributed by atoms with E-state index in [0.29, 0.717) is 0 Å². The molecule has 2 unspecified atom stereocenters. The lowest BCUT2D eigenvalue weighted by atomic mass is 9.80. The van der Waals surface area contributed by atoms with Crippen molar-refractivity contribution in [3.63, 3.8) is 0 Å². The number of thiazole rings is 1. The van der Waals surface area contributed by atoms with Gasteiger partial charge < -0.3 is 0 Å². The Kier molecular flexibility index (Phi) is 3.79. The van der Waals surface area contributed by atoms with Crippen molar-refractivity contribution >= 4 is 11.3 Å². The van der Waals surface area contributed by atoms with Crippen LogP contribution in [0.4, 0.5) is 0 Å². The molecule has 15 heavy (non-hydrogen) atoms. The maximum absolute atomic E-state index is 4.74. The average Bonchev–Trinajstić information content (AvgIpc) is 2.78. The molecule has 0 aliphatic heterocycles. The molecular formula is C13H21NS. The largest absolute Gasteiger partial charge is 0.246 e. The monoisotopic (exact) mass is 223 g/mol. The minimum Gasteiger partial charge on any atom is -0.246 e. The van der Waals surface area contributed by atoms with Gasteiger partial charge in [-0.1, -0.05) is 33.1 Å². The smallest absolute Gasteiger partial charge is 0.0959 e. The van der Waals surface area contributed by atoms with Crippen LogP contribution in [0, 0.1) is 5.92 Å². The molecule has 1 nitrogen and oxygen atoms in total. The Labute approximate surface area is 96.9 Å². The summed E-state index contributed by atoms with van der Waals surface area (Å²) in [6.45, 7) is 4.51. The van der Waals surface area contributed by atoms with E-state index in [4.69, 9.17) is 4.98 Å². The third kappa shape index (κ3) is 2.60. The van der Waals surface area contributed by atoms with Crippen molar-refractivity contribution in [1.29, 1.82) is 0 Å².